The summed E-state index contributed by atoms with van der Waals surface area (Å²) >= 11 is 11.3. The molecule has 17 heavy (non-hydrogen) atoms. The maximum Gasteiger partial charge on any atom is 0.304 e. The summed E-state index contributed by atoms with van der Waals surface area (Å²) in [6.07, 6.45) is -0.857. The van der Waals surface area contributed by atoms with E-state index in [0.29, 0.717) is 6.29 Å². The normalized spacial score (nSPS) is 11.7. The number of anilines is 2. The molecule has 3 N–H and O–H groups in total. The quantitative estimate of drug-likeness (QED) is 0.478. The van der Waals surface area contributed by atoms with Gasteiger partial charge in [-0.1, -0.05) is 23.2 Å². The van der Waals surface area contributed by atoms with Gasteiger partial charge in [0.25, 0.3) is 0 Å². The van der Waals surface area contributed by atoms with Gasteiger partial charge >= 0.3 is 5.97 Å². The summed E-state index contributed by atoms with van der Waals surface area (Å²) < 4.78 is 4.61. The third-order valence-corrected chi connectivity index (χ3v) is 2.07. The second kappa shape index (κ2) is 5.65. The summed E-state index contributed by atoms with van der Waals surface area (Å²) in [7, 11) is 0. The monoisotopic (exact) mass is 278 g/mol. The number of ether oxygens (including phenoxy) is 1. The number of carbonyl (C=O) groups excluding carboxylic acids is 2. The minimum atomic E-state index is -1.22. The van der Waals surface area contributed by atoms with Crippen molar-refractivity contribution in [1.29, 1.82) is 0 Å². The molecule has 7 nitrogen and oxygen atoms in total. The number of nitrogens with two attached hydrogens (primary N) is 1. The molecule has 0 saturated heterocycles. The number of hydrogen-bond donors (Lipinski definition) is 2. The van der Waals surface area contributed by atoms with Crippen LogP contribution < -0.4 is 11.1 Å². The minimum Gasteiger partial charge on any atom is -0.435 e. The highest BCUT2D eigenvalue weighted by Gasteiger charge is 2.15. The highest BCUT2D eigenvalue weighted by molar-refractivity contribution is 6.35. The summed E-state index contributed by atoms with van der Waals surface area (Å²) in [6.45, 7) is 1.15. The molecule has 1 atom stereocenters. The number of aldehydes is 1. The largest absolute Gasteiger partial charge is 0.435 e. The van der Waals surface area contributed by atoms with Gasteiger partial charge in [0.05, 0.1) is 0 Å². The van der Waals surface area contributed by atoms with Crippen molar-refractivity contribution in [2.45, 2.75) is 13.2 Å². The van der Waals surface area contributed by atoms with E-state index in [9.17, 15) is 9.59 Å². The third-order valence-electron chi connectivity index (χ3n) is 1.53. The van der Waals surface area contributed by atoms with E-state index < -0.39 is 12.2 Å². The van der Waals surface area contributed by atoms with Crippen LogP contribution in [0.5, 0.6) is 0 Å². The van der Waals surface area contributed by atoms with Crippen LogP contribution in [0.3, 0.4) is 0 Å². The van der Waals surface area contributed by atoms with E-state index in [1.807, 2.05) is 0 Å². The molecular formula is C8H8Cl2N4O3. The second-order valence-electron chi connectivity index (χ2n) is 2.85. The number of halogens is 2. The van der Waals surface area contributed by atoms with E-state index >= 15 is 0 Å². The standard InChI is InChI=1S/C8H8Cl2N4O3/c1-3(16)17-4(2-15)12-8-6(10)13-5(9)7(11)14-8/h2,4H,1H3,(H3,11,12,14). The van der Waals surface area contributed by atoms with E-state index in [4.69, 9.17) is 28.9 Å². The summed E-state index contributed by atoms with van der Waals surface area (Å²) in [5.41, 5.74) is 5.41. The molecule has 92 valence electrons. The zero-order valence-electron chi connectivity index (χ0n) is 8.61. The Morgan fingerprint density at radius 2 is 2.12 bits per heavy atom. The number of esters is 1. The summed E-state index contributed by atoms with van der Waals surface area (Å²) in [6, 6.07) is 0. The van der Waals surface area contributed by atoms with Gasteiger partial charge < -0.3 is 15.8 Å². The lowest BCUT2D eigenvalue weighted by atomic mass is 10.5. The van der Waals surface area contributed by atoms with Gasteiger partial charge in [0, 0.05) is 6.92 Å². The van der Waals surface area contributed by atoms with Crippen LogP contribution in [-0.2, 0) is 14.3 Å². The molecule has 0 bridgehead atoms. The zero-order valence-corrected chi connectivity index (χ0v) is 10.1. The molecule has 0 saturated carbocycles. The van der Waals surface area contributed by atoms with Crippen molar-refractivity contribution in [3.05, 3.63) is 10.3 Å². The Bertz CT molecular complexity index is 455. The van der Waals surface area contributed by atoms with Crippen LogP contribution >= 0.6 is 23.2 Å². The Morgan fingerprint density at radius 1 is 1.47 bits per heavy atom. The van der Waals surface area contributed by atoms with Crippen LogP contribution in [0.15, 0.2) is 0 Å². The number of nitrogen functional groups attached to an aromatic ring is 1. The number of nitrogens with one attached hydrogen (secondary N) is 1. The Balaban J connectivity index is 2.89. The van der Waals surface area contributed by atoms with Gasteiger partial charge in [-0.05, 0) is 0 Å². The summed E-state index contributed by atoms with van der Waals surface area (Å²) in [5, 5.41) is 2.29. The van der Waals surface area contributed by atoms with Gasteiger partial charge in [0.15, 0.2) is 28.2 Å². The van der Waals surface area contributed by atoms with Crippen LogP contribution in [-0.4, -0.2) is 28.5 Å². The molecule has 1 rings (SSSR count). The molecule has 0 spiro atoms. The molecule has 0 radical (unpaired) electrons. The van der Waals surface area contributed by atoms with Crippen molar-refractivity contribution in [3.8, 4) is 0 Å². The van der Waals surface area contributed by atoms with Gasteiger partial charge in [-0.2, -0.15) is 0 Å². The Hall–Kier alpha value is -1.60. The Kier molecular flexibility index (Phi) is 4.47. The smallest absolute Gasteiger partial charge is 0.304 e. The van der Waals surface area contributed by atoms with Crippen LogP contribution in [0.2, 0.25) is 10.3 Å². The molecule has 0 aromatic carbocycles. The SMILES string of the molecule is CC(=O)OC(C=O)Nc1nc(N)c(Cl)nc1Cl. The van der Waals surface area contributed by atoms with Crippen LogP contribution in [0.4, 0.5) is 11.6 Å². The van der Waals surface area contributed by atoms with Gasteiger partial charge in [0.1, 0.15) is 0 Å². The molecule has 0 aliphatic rings. The zero-order chi connectivity index (χ0) is 13.0. The summed E-state index contributed by atoms with van der Waals surface area (Å²) in [5.74, 6) is -0.710. The second-order valence-corrected chi connectivity index (χ2v) is 3.57. The van der Waals surface area contributed by atoms with Crippen LogP contribution in [0, 0.1) is 0 Å². The average Bonchev–Trinajstić information content (AvgIpc) is 2.24. The van der Waals surface area contributed by atoms with Crippen LogP contribution in [0.1, 0.15) is 6.92 Å². The van der Waals surface area contributed by atoms with Crippen LogP contribution in [0.25, 0.3) is 0 Å². The Labute approximate surface area is 106 Å². The molecular weight excluding hydrogens is 271 g/mol. The highest BCUT2D eigenvalue weighted by atomic mass is 35.5. The molecule has 0 aliphatic heterocycles. The average molecular weight is 279 g/mol. The predicted octanol–water partition coefficient (Wildman–Crippen LogP) is 0.866. The van der Waals surface area contributed by atoms with E-state index in [-0.39, 0.29) is 21.9 Å². The predicted molar refractivity (Wildman–Crippen MR) is 61.7 cm³/mol. The molecule has 0 aliphatic carbocycles. The first-order valence-corrected chi connectivity index (χ1v) is 5.07. The maximum atomic E-state index is 10.7. The molecule has 1 aromatic heterocycles. The van der Waals surface area contributed by atoms with Crippen molar-refractivity contribution >= 4 is 47.1 Å². The fourth-order valence-electron chi connectivity index (χ4n) is 0.906. The third kappa shape index (κ3) is 3.72. The topological polar surface area (TPSA) is 107 Å². The lowest BCUT2D eigenvalue weighted by molar-refractivity contribution is -0.147. The lowest BCUT2D eigenvalue weighted by Crippen LogP contribution is -2.27. The number of nitrogens with zero attached hydrogens (tertiary/aromatic N) is 2. The van der Waals surface area contributed by atoms with Crippen molar-refractivity contribution in [3.63, 3.8) is 0 Å². The molecule has 1 aromatic rings. The van der Waals surface area contributed by atoms with Gasteiger partial charge in [0.2, 0.25) is 6.23 Å². The van der Waals surface area contributed by atoms with Crippen molar-refractivity contribution < 1.29 is 14.3 Å². The fraction of sp³-hybridized carbons (Fsp3) is 0.250. The molecule has 0 amide bonds. The number of hydrogen-bond acceptors (Lipinski definition) is 7. The minimum absolute atomic E-state index is 0.00748. The highest BCUT2D eigenvalue weighted by Crippen LogP contribution is 2.23. The van der Waals surface area contributed by atoms with Crippen molar-refractivity contribution in [2.75, 3.05) is 11.1 Å². The first kappa shape index (κ1) is 13.5. The van der Waals surface area contributed by atoms with E-state index in [1.54, 1.807) is 0 Å². The number of carbonyl (C=O) groups is 2. The maximum absolute atomic E-state index is 10.7. The fourth-order valence-corrected chi connectivity index (χ4v) is 1.26. The van der Waals surface area contributed by atoms with E-state index in [0.717, 1.165) is 6.92 Å². The van der Waals surface area contributed by atoms with Crippen molar-refractivity contribution in [2.24, 2.45) is 0 Å². The number of aromatic nitrogens is 2. The van der Waals surface area contributed by atoms with E-state index in [1.165, 1.54) is 0 Å². The Morgan fingerprint density at radius 3 is 2.65 bits per heavy atom. The van der Waals surface area contributed by atoms with Gasteiger partial charge in [-0.15, -0.1) is 0 Å². The number of rotatable bonds is 4. The molecule has 1 heterocycles. The molecule has 1 unspecified atom stereocenters. The van der Waals surface area contributed by atoms with E-state index in [2.05, 4.69) is 20.0 Å². The first-order valence-electron chi connectivity index (χ1n) is 4.31. The first-order chi connectivity index (χ1) is 7.93. The summed E-state index contributed by atoms with van der Waals surface area (Å²) in [4.78, 5) is 28.7. The molecule has 0 fully saturated rings. The van der Waals surface area contributed by atoms with Gasteiger partial charge in [-0.3, -0.25) is 9.59 Å². The molecule has 9 heteroatoms. The lowest BCUT2D eigenvalue weighted by Gasteiger charge is -2.14. The van der Waals surface area contributed by atoms with Crippen molar-refractivity contribution in [1.82, 2.24) is 9.97 Å². The van der Waals surface area contributed by atoms with Gasteiger partial charge in [-0.25, -0.2) is 9.97 Å².